The fourth-order valence-electron chi connectivity index (χ4n) is 2.19. The van der Waals surface area contributed by atoms with Crippen molar-refractivity contribution in [1.29, 1.82) is 0 Å². The molecule has 0 spiro atoms. The van der Waals surface area contributed by atoms with Gasteiger partial charge < -0.3 is 4.90 Å². The number of primary sulfonamides is 1. The fourth-order valence-corrected chi connectivity index (χ4v) is 3.35. The summed E-state index contributed by atoms with van der Waals surface area (Å²) in [6.45, 7) is 3.98. The lowest BCUT2D eigenvalue weighted by Crippen LogP contribution is -2.32. The Morgan fingerprint density at radius 3 is 2.47 bits per heavy atom. The zero-order chi connectivity index (χ0) is 14.4. The van der Waals surface area contributed by atoms with Crippen LogP contribution in [-0.4, -0.2) is 26.1 Å². The molecule has 0 aliphatic carbocycles. The maximum atomic E-state index is 12.0. The van der Waals surface area contributed by atoms with E-state index in [4.69, 9.17) is 5.14 Å². The second kappa shape index (κ2) is 4.88. The molecule has 1 aliphatic heterocycles. The molecule has 1 amide bonds. The second-order valence-electron chi connectivity index (χ2n) is 4.74. The molecule has 7 heteroatoms. The SMILES string of the molecule is Cc1c(Br)ccc(N2CC(S(N)(=O)=O)CC2=O)c1C. The summed E-state index contributed by atoms with van der Waals surface area (Å²) in [5.74, 6) is -0.205. The predicted molar refractivity (Wildman–Crippen MR) is 77.5 cm³/mol. The van der Waals surface area contributed by atoms with Crippen molar-refractivity contribution in [3.05, 3.63) is 27.7 Å². The molecule has 2 N–H and O–H groups in total. The molecule has 0 bridgehead atoms. The lowest BCUT2D eigenvalue weighted by atomic mass is 10.1. The Bertz CT molecular complexity index is 643. The zero-order valence-electron chi connectivity index (χ0n) is 10.7. The molecular weight excluding hydrogens is 332 g/mol. The number of hydrogen-bond donors (Lipinski definition) is 1. The van der Waals surface area contributed by atoms with Crippen molar-refractivity contribution in [3.8, 4) is 0 Å². The van der Waals surface area contributed by atoms with Crippen molar-refractivity contribution in [3.63, 3.8) is 0 Å². The Balaban J connectivity index is 2.39. The van der Waals surface area contributed by atoms with Crippen LogP contribution < -0.4 is 10.0 Å². The first kappa shape index (κ1) is 14.5. The first-order valence-electron chi connectivity index (χ1n) is 5.79. The highest BCUT2D eigenvalue weighted by Crippen LogP contribution is 2.32. The van der Waals surface area contributed by atoms with Crippen LogP contribution in [0.5, 0.6) is 0 Å². The lowest BCUT2D eigenvalue weighted by molar-refractivity contribution is -0.117. The van der Waals surface area contributed by atoms with Crippen LogP contribution in [0.4, 0.5) is 5.69 Å². The lowest BCUT2D eigenvalue weighted by Gasteiger charge is -2.20. The quantitative estimate of drug-likeness (QED) is 0.880. The van der Waals surface area contributed by atoms with Gasteiger partial charge in [-0.05, 0) is 37.1 Å². The molecule has 0 radical (unpaired) electrons. The summed E-state index contributed by atoms with van der Waals surface area (Å²) in [5, 5.41) is 4.30. The molecule has 0 aromatic heterocycles. The van der Waals surface area contributed by atoms with Crippen molar-refractivity contribution in [2.45, 2.75) is 25.5 Å². The Kier molecular flexibility index (Phi) is 3.72. The summed E-state index contributed by atoms with van der Waals surface area (Å²) in [7, 11) is -3.68. The van der Waals surface area contributed by atoms with E-state index in [-0.39, 0.29) is 18.9 Å². The Morgan fingerprint density at radius 2 is 1.95 bits per heavy atom. The van der Waals surface area contributed by atoms with E-state index in [1.807, 2.05) is 26.0 Å². The molecule has 2 rings (SSSR count). The third-order valence-corrected chi connectivity index (χ3v) is 5.64. The number of carbonyl (C=O) groups is 1. The van der Waals surface area contributed by atoms with E-state index < -0.39 is 15.3 Å². The summed E-state index contributed by atoms with van der Waals surface area (Å²) in [6, 6.07) is 3.67. The van der Waals surface area contributed by atoms with E-state index in [1.165, 1.54) is 4.90 Å². The van der Waals surface area contributed by atoms with Gasteiger partial charge in [0.25, 0.3) is 0 Å². The van der Waals surface area contributed by atoms with Crippen molar-refractivity contribution in [2.75, 3.05) is 11.4 Å². The summed E-state index contributed by atoms with van der Waals surface area (Å²) in [5.41, 5.74) is 2.74. The molecule has 1 unspecified atom stereocenters. The Labute approximate surface area is 121 Å². The molecule has 104 valence electrons. The van der Waals surface area contributed by atoms with Crippen LogP contribution in [0.3, 0.4) is 0 Å². The number of anilines is 1. The van der Waals surface area contributed by atoms with E-state index in [2.05, 4.69) is 15.9 Å². The predicted octanol–water partition coefficient (Wildman–Crippen LogP) is 1.46. The van der Waals surface area contributed by atoms with E-state index in [0.29, 0.717) is 0 Å². The van der Waals surface area contributed by atoms with Gasteiger partial charge in [-0.15, -0.1) is 0 Å². The fraction of sp³-hybridized carbons (Fsp3) is 0.417. The third kappa shape index (κ3) is 2.68. The minimum absolute atomic E-state index is 0.0482. The number of carbonyl (C=O) groups excluding carboxylic acids is 1. The van der Waals surface area contributed by atoms with E-state index in [1.54, 1.807) is 0 Å². The van der Waals surface area contributed by atoms with Crippen molar-refractivity contribution in [1.82, 2.24) is 0 Å². The van der Waals surface area contributed by atoms with Gasteiger partial charge >= 0.3 is 0 Å². The van der Waals surface area contributed by atoms with Crippen LogP contribution >= 0.6 is 15.9 Å². The molecule has 1 saturated heterocycles. The topological polar surface area (TPSA) is 80.5 Å². The number of nitrogens with two attached hydrogens (primary N) is 1. The summed E-state index contributed by atoms with van der Waals surface area (Å²) >= 11 is 3.43. The van der Waals surface area contributed by atoms with Gasteiger partial charge in [0, 0.05) is 23.1 Å². The van der Waals surface area contributed by atoms with Gasteiger partial charge in [-0.2, -0.15) is 0 Å². The Hall–Kier alpha value is -0.920. The molecule has 1 aliphatic rings. The molecule has 1 aromatic rings. The molecular formula is C12H15BrN2O3S. The minimum atomic E-state index is -3.68. The molecule has 0 saturated carbocycles. The monoisotopic (exact) mass is 346 g/mol. The van der Waals surface area contributed by atoms with E-state index in [9.17, 15) is 13.2 Å². The maximum absolute atomic E-state index is 12.0. The van der Waals surface area contributed by atoms with E-state index >= 15 is 0 Å². The summed E-state index contributed by atoms with van der Waals surface area (Å²) in [6.07, 6.45) is -0.0482. The smallest absolute Gasteiger partial charge is 0.228 e. The van der Waals surface area contributed by atoms with Crippen LogP contribution in [0.2, 0.25) is 0 Å². The molecule has 1 aromatic carbocycles. The highest BCUT2D eigenvalue weighted by molar-refractivity contribution is 9.10. The van der Waals surface area contributed by atoms with Crippen molar-refractivity contribution in [2.24, 2.45) is 5.14 Å². The maximum Gasteiger partial charge on any atom is 0.228 e. The number of amides is 1. The highest BCUT2D eigenvalue weighted by Gasteiger charge is 2.37. The molecule has 1 heterocycles. The van der Waals surface area contributed by atoms with Crippen LogP contribution in [0.1, 0.15) is 17.5 Å². The first-order valence-corrected chi connectivity index (χ1v) is 8.19. The number of benzene rings is 1. The summed E-state index contributed by atoms with van der Waals surface area (Å²) in [4.78, 5) is 13.5. The van der Waals surface area contributed by atoms with Gasteiger partial charge in [-0.1, -0.05) is 15.9 Å². The number of rotatable bonds is 2. The van der Waals surface area contributed by atoms with Crippen LogP contribution in [0.15, 0.2) is 16.6 Å². The van der Waals surface area contributed by atoms with Crippen LogP contribution in [0, 0.1) is 13.8 Å². The van der Waals surface area contributed by atoms with Crippen LogP contribution in [-0.2, 0) is 14.8 Å². The van der Waals surface area contributed by atoms with Crippen molar-refractivity contribution >= 4 is 37.5 Å². The highest BCUT2D eigenvalue weighted by atomic mass is 79.9. The van der Waals surface area contributed by atoms with Gasteiger partial charge in [-0.3, -0.25) is 4.79 Å². The van der Waals surface area contributed by atoms with Crippen molar-refractivity contribution < 1.29 is 13.2 Å². The third-order valence-electron chi connectivity index (χ3n) is 3.54. The number of nitrogens with zero attached hydrogens (tertiary/aromatic N) is 1. The zero-order valence-corrected chi connectivity index (χ0v) is 13.1. The van der Waals surface area contributed by atoms with Gasteiger partial charge in [0.15, 0.2) is 0 Å². The average molecular weight is 347 g/mol. The standard InChI is InChI=1S/C12H15BrN2O3S/c1-7-8(2)11(4-3-10(7)13)15-6-9(5-12(15)16)19(14,17)18/h3-4,9H,5-6H2,1-2H3,(H2,14,17,18). The normalized spacial score (nSPS) is 20.1. The molecule has 19 heavy (non-hydrogen) atoms. The van der Waals surface area contributed by atoms with Crippen LogP contribution in [0.25, 0.3) is 0 Å². The largest absolute Gasteiger partial charge is 0.311 e. The Morgan fingerprint density at radius 1 is 1.32 bits per heavy atom. The molecule has 1 fully saturated rings. The van der Waals surface area contributed by atoms with Gasteiger partial charge in [0.1, 0.15) is 5.25 Å². The summed E-state index contributed by atoms with van der Waals surface area (Å²) < 4.78 is 23.7. The number of sulfonamides is 1. The first-order chi connectivity index (χ1) is 8.71. The molecule has 5 nitrogen and oxygen atoms in total. The number of halogens is 1. The molecule has 1 atom stereocenters. The average Bonchev–Trinajstić information content (AvgIpc) is 2.68. The van der Waals surface area contributed by atoms with Gasteiger partial charge in [0.2, 0.25) is 15.9 Å². The number of hydrogen-bond acceptors (Lipinski definition) is 3. The minimum Gasteiger partial charge on any atom is -0.311 e. The van der Waals surface area contributed by atoms with Gasteiger partial charge in [-0.25, -0.2) is 13.6 Å². The second-order valence-corrected chi connectivity index (χ2v) is 7.44. The van der Waals surface area contributed by atoms with E-state index in [0.717, 1.165) is 21.3 Å². The van der Waals surface area contributed by atoms with Gasteiger partial charge in [0.05, 0.1) is 0 Å².